The molecule has 0 radical (unpaired) electrons. The first-order valence-electron chi connectivity index (χ1n) is 6.74. The summed E-state index contributed by atoms with van der Waals surface area (Å²) in [4.78, 5) is 0.298. The Morgan fingerprint density at radius 2 is 2.05 bits per heavy atom. The van der Waals surface area contributed by atoms with Crippen LogP contribution in [0.2, 0.25) is 0 Å². The molecule has 0 unspecified atom stereocenters. The van der Waals surface area contributed by atoms with Gasteiger partial charge < -0.3 is 5.73 Å². The van der Waals surface area contributed by atoms with E-state index >= 15 is 0 Å². The van der Waals surface area contributed by atoms with Gasteiger partial charge in [0.2, 0.25) is 10.0 Å². The van der Waals surface area contributed by atoms with Crippen molar-refractivity contribution in [2.45, 2.75) is 44.4 Å². The van der Waals surface area contributed by atoms with Gasteiger partial charge in [0.1, 0.15) is 0 Å². The van der Waals surface area contributed by atoms with E-state index in [1.54, 1.807) is 18.2 Å². The highest BCUT2D eigenvalue weighted by Gasteiger charge is 2.42. The molecule has 1 saturated carbocycles. The predicted octanol–water partition coefficient (Wildman–Crippen LogP) is 2.44. The minimum atomic E-state index is -3.42. The smallest absolute Gasteiger partial charge is 0.240 e. The Morgan fingerprint density at radius 1 is 1.37 bits per heavy atom. The Morgan fingerprint density at radius 3 is 2.58 bits per heavy atom. The Labute approximate surface area is 115 Å². The quantitative estimate of drug-likeness (QED) is 0.787. The van der Waals surface area contributed by atoms with Gasteiger partial charge in [-0.15, -0.1) is 0 Å². The summed E-state index contributed by atoms with van der Waals surface area (Å²) in [6, 6.07) is 4.82. The van der Waals surface area contributed by atoms with Crippen LogP contribution < -0.4 is 10.5 Å². The number of nitrogen functional groups attached to an aromatic ring is 1. The number of rotatable bonds is 6. The molecule has 3 N–H and O–H groups in total. The third kappa shape index (κ3) is 3.28. The third-order valence-electron chi connectivity index (χ3n) is 3.93. The van der Waals surface area contributed by atoms with Crippen LogP contribution in [0.4, 0.5) is 5.69 Å². The second-order valence-electron chi connectivity index (χ2n) is 5.59. The summed E-state index contributed by atoms with van der Waals surface area (Å²) in [5.41, 5.74) is 7.33. The lowest BCUT2D eigenvalue weighted by Crippen LogP contribution is -2.30. The van der Waals surface area contributed by atoms with Crippen LogP contribution in [0.15, 0.2) is 23.1 Å². The van der Waals surface area contributed by atoms with Crippen LogP contribution in [-0.4, -0.2) is 15.0 Å². The van der Waals surface area contributed by atoms with Crippen LogP contribution in [-0.2, 0) is 10.0 Å². The molecule has 0 spiro atoms. The van der Waals surface area contributed by atoms with Gasteiger partial charge in [0.15, 0.2) is 0 Å². The molecule has 1 aliphatic carbocycles. The Bertz CT molecular complexity index is 563. The molecule has 1 aliphatic rings. The molecule has 5 heteroatoms. The standard InChI is InChI=1S/C14H22N2O2S/c1-3-6-14(7-8-14)10-16-19(17,18)12-4-5-13(15)11(2)9-12/h4-5,9,16H,3,6-8,10,15H2,1-2H3. The topological polar surface area (TPSA) is 72.2 Å². The van der Waals surface area contributed by atoms with E-state index < -0.39 is 10.0 Å². The molecule has 0 bridgehead atoms. The number of hydrogen-bond donors (Lipinski definition) is 2. The van der Waals surface area contributed by atoms with Crippen molar-refractivity contribution in [3.05, 3.63) is 23.8 Å². The molecule has 106 valence electrons. The van der Waals surface area contributed by atoms with Crippen molar-refractivity contribution in [3.8, 4) is 0 Å². The normalized spacial score (nSPS) is 17.4. The van der Waals surface area contributed by atoms with Gasteiger partial charge in [-0.25, -0.2) is 13.1 Å². The Hall–Kier alpha value is -1.07. The fourth-order valence-electron chi connectivity index (χ4n) is 2.37. The molecule has 19 heavy (non-hydrogen) atoms. The van der Waals surface area contributed by atoms with E-state index in [2.05, 4.69) is 11.6 Å². The zero-order valence-electron chi connectivity index (χ0n) is 11.6. The Balaban J connectivity index is 2.08. The second kappa shape index (κ2) is 5.13. The van der Waals surface area contributed by atoms with E-state index in [4.69, 9.17) is 5.73 Å². The van der Waals surface area contributed by atoms with Crippen LogP contribution in [0, 0.1) is 12.3 Å². The van der Waals surface area contributed by atoms with Crippen LogP contribution >= 0.6 is 0 Å². The van der Waals surface area contributed by atoms with Crippen LogP contribution in [0.5, 0.6) is 0 Å². The average Bonchev–Trinajstić information content (AvgIpc) is 3.11. The summed E-state index contributed by atoms with van der Waals surface area (Å²) in [5.74, 6) is 0. The van der Waals surface area contributed by atoms with Gasteiger partial charge in [0, 0.05) is 12.2 Å². The zero-order valence-corrected chi connectivity index (χ0v) is 12.4. The molecule has 4 nitrogen and oxygen atoms in total. The Kier molecular flexibility index (Phi) is 3.87. The van der Waals surface area contributed by atoms with Crippen molar-refractivity contribution in [1.82, 2.24) is 4.72 Å². The maximum atomic E-state index is 12.2. The van der Waals surface area contributed by atoms with Gasteiger partial charge in [-0.3, -0.25) is 0 Å². The van der Waals surface area contributed by atoms with Gasteiger partial charge in [0.25, 0.3) is 0 Å². The first-order chi connectivity index (χ1) is 8.88. The van der Waals surface area contributed by atoms with E-state index in [-0.39, 0.29) is 5.41 Å². The lowest BCUT2D eigenvalue weighted by Gasteiger charge is -2.15. The van der Waals surface area contributed by atoms with Gasteiger partial charge in [-0.1, -0.05) is 13.3 Å². The molecule has 0 amide bonds. The molecular formula is C14H22N2O2S. The van der Waals surface area contributed by atoms with Crippen LogP contribution in [0.25, 0.3) is 0 Å². The largest absolute Gasteiger partial charge is 0.399 e. The van der Waals surface area contributed by atoms with Gasteiger partial charge >= 0.3 is 0 Å². The number of nitrogens with one attached hydrogen (secondary N) is 1. The summed E-state index contributed by atoms with van der Waals surface area (Å²) in [7, 11) is -3.42. The van der Waals surface area contributed by atoms with E-state index in [9.17, 15) is 8.42 Å². The molecule has 0 heterocycles. The van der Waals surface area contributed by atoms with Crippen molar-refractivity contribution < 1.29 is 8.42 Å². The molecule has 1 fully saturated rings. The average molecular weight is 282 g/mol. The lowest BCUT2D eigenvalue weighted by molar-refractivity contribution is 0.449. The monoisotopic (exact) mass is 282 g/mol. The molecular weight excluding hydrogens is 260 g/mol. The fourth-order valence-corrected chi connectivity index (χ4v) is 3.61. The summed E-state index contributed by atoms with van der Waals surface area (Å²) in [6.45, 7) is 4.50. The van der Waals surface area contributed by atoms with E-state index in [1.807, 2.05) is 6.92 Å². The van der Waals surface area contributed by atoms with Crippen LogP contribution in [0.1, 0.15) is 38.2 Å². The van der Waals surface area contributed by atoms with E-state index in [0.717, 1.165) is 31.2 Å². The number of nitrogens with two attached hydrogens (primary N) is 1. The van der Waals surface area contributed by atoms with Crippen molar-refractivity contribution in [2.75, 3.05) is 12.3 Å². The first kappa shape index (κ1) is 14.3. The lowest BCUT2D eigenvalue weighted by atomic mass is 10.0. The zero-order chi connectivity index (χ0) is 14.1. The van der Waals surface area contributed by atoms with E-state index in [0.29, 0.717) is 17.1 Å². The number of sulfonamides is 1. The number of aryl methyl sites for hydroxylation is 1. The molecule has 0 saturated heterocycles. The molecule has 0 atom stereocenters. The summed E-state index contributed by atoms with van der Waals surface area (Å²) in [6.07, 6.45) is 4.45. The number of hydrogen-bond acceptors (Lipinski definition) is 3. The van der Waals surface area contributed by atoms with Gasteiger partial charge in [0.05, 0.1) is 4.90 Å². The summed E-state index contributed by atoms with van der Waals surface area (Å²) in [5, 5.41) is 0. The highest BCUT2D eigenvalue weighted by molar-refractivity contribution is 7.89. The maximum Gasteiger partial charge on any atom is 0.240 e. The molecule has 0 aromatic heterocycles. The maximum absolute atomic E-state index is 12.2. The summed E-state index contributed by atoms with van der Waals surface area (Å²) < 4.78 is 27.2. The summed E-state index contributed by atoms with van der Waals surface area (Å²) >= 11 is 0. The molecule has 0 aliphatic heterocycles. The van der Waals surface area contributed by atoms with E-state index in [1.165, 1.54) is 0 Å². The number of anilines is 1. The third-order valence-corrected chi connectivity index (χ3v) is 5.33. The SMILES string of the molecule is CCCC1(CNS(=O)(=O)c2ccc(N)c(C)c2)CC1. The number of benzene rings is 1. The minimum Gasteiger partial charge on any atom is -0.399 e. The molecule has 1 aromatic carbocycles. The van der Waals surface area contributed by atoms with Crippen molar-refractivity contribution in [3.63, 3.8) is 0 Å². The molecule has 1 aromatic rings. The second-order valence-corrected chi connectivity index (χ2v) is 7.36. The van der Waals surface area contributed by atoms with Crippen molar-refractivity contribution in [2.24, 2.45) is 5.41 Å². The molecule has 2 rings (SSSR count). The van der Waals surface area contributed by atoms with Gasteiger partial charge in [-0.05, 0) is 55.4 Å². The predicted molar refractivity (Wildman–Crippen MR) is 77.4 cm³/mol. The van der Waals surface area contributed by atoms with Crippen molar-refractivity contribution >= 4 is 15.7 Å². The van der Waals surface area contributed by atoms with Crippen molar-refractivity contribution in [1.29, 1.82) is 0 Å². The first-order valence-corrected chi connectivity index (χ1v) is 8.23. The highest BCUT2D eigenvalue weighted by atomic mass is 32.2. The van der Waals surface area contributed by atoms with Gasteiger partial charge in [-0.2, -0.15) is 0 Å². The minimum absolute atomic E-state index is 0.213. The fraction of sp³-hybridized carbons (Fsp3) is 0.571. The highest BCUT2D eigenvalue weighted by Crippen LogP contribution is 2.49. The van der Waals surface area contributed by atoms with Crippen LogP contribution in [0.3, 0.4) is 0 Å².